The molecule has 6 heteroatoms. The van der Waals surface area contributed by atoms with Crippen molar-refractivity contribution in [2.75, 3.05) is 5.32 Å². The van der Waals surface area contributed by atoms with Gasteiger partial charge in [0.1, 0.15) is 5.82 Å². The fourth-order valence-electron chi connectivity index (χ4n) is 1.43. The van der Waals surface area contributed by atoms with Crippen LogP contribution < -0.4 is 5.32 Å². The molecule has 0 spiro atoms. The van der Waals surface area contributed by atoms with Crippen molar-refractivity contribution >= 4 is 55.1 Å². The fourth-order valence-corrected chi connectivity index (χ4v) is 2.32. The van der Waals surface area contributed by atoms with E-state index in [-0.39, 0.29) is 10.4 Å². The molecular formula is C13H7Br2ClFNO. The highest BCUT2D eigenvalue weighted by molar-refractivity contribution is 9.10. The molecular weight excluding hydrogens is 400 g/mol. The standard InChI is InChI=1S/C13H7Br2ClFNO/c14-9-3-2-8(16)6-12(9)18-13(19)7-1-4-11(17)10(15)5-7/h1-6H,(H,18,19). The van der Waals surface area contributed by atoms with Gasteiger partial charge in [-0.25, -0.2) is 4.39 Å². The number of benzene rings is 2. The van der Waals surface area contributed by atoms with Crippen LogP contribution in [0.25, 0.3) is 0 Å². The summed E-state index contributed by atoms with van der Waals surface area (Å²) in [6.07, 6.45) is 0. The number of rotatable bonds is 2. The topological polar surface area (TPSA) is 29.1 Å². The number of hydrogen-bond acceptors (Lipinski definition) is 1. The third-order valence-corrected chi connectivity index (χ3v) is 3.89. The molecule has 0 fully saturated rings. The van der Waals surface area contributed by atoms with E-state index in [9.17, 15) is 9.18 Å². The second-order valence-electron chi connectivity index (χ2n) is 3.71. The molecule has 2 aromatic rings. The predicted octanol–water partition coefficient (Wildman–Crippen LogP) is 5.26. The normalized spacial score (nSPS) is 10.3. The van der Waals surface area contributed by atoms with E-state index < -0.39 is 5.82 Å². The molecule has 0 heterocycles. The SMILES string of the molecule is O=C(Nc1cc(Cl)ccc1Br)c1ccc(F)c(Br)c1. The minimum atomic E-state index is -0.416. The average Bonchev–Trinajstić information content (AvgIpc) is 2.37. The Bertz CT molecular complexity index is 649. The highest BCUT2D eigenvalue weighted by atomic mass is 79.9. The van der Waals surface area contributed by atoms with Crippen molar-refractivity contribution in [1.29, 1.82) is 0 Å². The Labute approximate surface area is 131 Å². The zero-order valence-electron chi connectivity index (χ0n) is 9.38. The van der Waals surface area contributed by atoms with Gasteiger partial charge in [0.15, 0.2) is 0 Å². The summed E-state index contributed by atoms with van der Waals surface area (Å²) in [5.41, 5.74) is 0.901. The van der Waals surface area contributed by atoms with Crippen molar-refractivity contribution in [2.24, 2.45) is 0 Å². The van der Waals surface area contributed by atoms with Crippen LogP contribution in [0.4, 0.5) is 10.1 Å². The van der Waals surface area contributed by atoms with E-state index in [0.29, 0.717) is 20.7 Å². The summed E-state index contributed by atoms with van der Waals surface area (Å²) in [5.74, 6) is -0.760. The van der Waals surface area contributed by atoms with Crippen LogP contribution in [0.5, 0.6) is 0 Å². The molecule has 19 heavy (non-hydrogen) atoms. The molecule has 1 N–H and O–H groups in total. The number of hydrogen-bond donors (Lipinski definition) is 1. The van der Waals surface area contributed by atoms with Gasteiger partial charge in [0.2, 0.25) is 0 Å². The maximum atomic E-state index is 13.1. The van der Waals surface area contributed by atoms with Crippen LogP contribution in [0.15, 0.2) is 45.3 Å². The lowest BCUT2D eigenvalue weighted by molar-refractivity contribution is 0.102. The quantitative estimate of drug-likeness (QED) is 0.723. The summed E-state index contributed by atoms with van der Waals surface area (Å²) in [5, 5.41) is 3.21. The molecule has 1 amide bonds. The van der Waals surface area contributed by atoms with Crippen LogP contribution >= 0.6 is 43.5 Å². The molecule has 2 nitrogen and oxygen atoms in total. The van der Waals surface area contributed by atoms with Gasteiger partial charge in [-0.05, 0) is 68.3 Å². The Morgan fingerprint density at radius 1 is 1.11 bits per heavy atom. The molecule has 98 valence electrons. The van der Waals surface area contributed by atoms with Crippen molar-refractivity contribution in [3.8, 4) is 0 Å². The molecule has 0 radical (unpaired) electrons. The third kappa shape index (κ3) is 3.55. The Hall–Kier alpha value is -0.910. The lowest BCUT2D eigenvalue weighted by Crippen LogP contribution is -2.12. The van der Waals surface area contributed by atoms with E-state index in [1.165, 1.54) is 18.2 Å². The van der Waals surface area contributed by atoms with Gasteiger partial charge in [-0.15, -0.1) is 0 Å². The summed E-state index contributed by atoms with van der Waals surface area (Å²) < 4.78 is 14.1. The third-order valence-electron chi connectivity index (χ3n) is 2.36. The van der Waals surface area contributed by atoms with Gasteiger partial charge in [0.05, 0.1) is 10.2 Å². The Balaban J connectivity index is 2.25. The van der Waals surface area contributed by atoms with Gasteiger partial charge in [-0.3, -0.25) is 4.79 Å². The van der Waals surface area contributed by atoms with E-state index >= 15 is 0 Å². The number of amides is 1. The number of carbonyl (C=O) groups is 1. The Morgan fingerprint density at radius 3 is 2.53 bits per heavy atom. The summed E-state index contributed by atoms with van der Waals surface area (Å²) >= 11 is 12.2. The Morgan fingerprint density at radius 2 is 1.84 bits per heavy atom. The lowest BCUT2D eigenvalue weighted by Gasteiger charge is -2.08. The minimum absolute atomic E-state index is 0.241. The summed E-state index contributed by atoms with van der Waals surface area (Å²) in [4.78, 5) is 12.0. The summed E-state index contributed by atoms with van der Waals surface area (Å²) in [6.45, 7) is 0. The first-order valence-electron chi connectivity index (χ1n) is 5.19. The van der Waals surface area contributed by atoms with Crippen molar-refractivity contribution < 1.29 is 9.18 Å². The maximum absolute atomic E-state index is 13.1. The molecule has 0 aliphatic carbocycles. The highest BCUT2D eigenvalue weighted by Gasteiger charge is 2.10. The molecule has 0 saturated carbocycles. The second-order valence-corrected chi connectivity index (χ2v) is 5.85. The Kier molecular flexibility index (Phi) is 4.60. The van der Waals surface area contributed by atoms with Crippen molar-refractivity contribution in [1.82, 2.24) is 0 Å². The van der Waals surface area contributed by atoms with Crippen LogP contribution in [0.3, 0.4) is 0 Å². The summed E-state index contributed by atoms with van der Waals surface area (Å²) in [7, 11) is 0. The van der Waals surface area contributed by atoms with Crippen LogP contribution in [-0.2, 0) is 0 Å². The van der Waals surface area contributed by atoms with Crippen LogP contribution in [-0.4, -0.2) is 5.91 Å². The molecule has 0 atom stereocenters. The second kappa shape index (κ2) is 6.03. The maximum Gasteiger partial charge on any atom is 0.255 e. The van der Waals surface area contributed by atoms with Gasteiger partial charge < -0.3 is 5.32 Å². The molecule has 0 unspecified atom stereocenters. The van der Waals surface area contributed by atoms with Gasteiger partial charge in [0.25, 0.3) is 5.91 Å². The van der Waals surface area contributed by atoms with Crippen LogP contribution in [0.1, 0.15) is 10.4 Å². The van der Waals surface area contributed by atoms with E-state index in [1.807, 2.05) is 0 Å². The number of carbonyl (C=O) groups excluding carboxylic acids is 1. The minimum Gasteiger partial charge on any atom is -0.321 e. The van der Waals surface area contributed by atoms with Gasteiger partial charge in [-0.2, -0.15) is 0 Å². The smallest absolute Gasteiger partial charge is 0.255 e. The molecule has 0 saturated heterocycles. The molecule has 0 bridgehead atoms. The molecule has 0 aliphatic rings. The lowest BCUT2D eigenvalue weighted by atomic mass is 10.2. The van der Waals surface area contributed by atoms with E-state index in [0.717, 1.165) is 0 Å². The largest absolute Gasteiger partial charge is 0.321 e. The zero-order chi connectivity index (χ0) is 14.0. The van der Waals surface area contributed by atoms with E-state index in [4.69, 9.17) is 11.6 Å². The molecule has 2 aromatic carbocycles. The van der Waals surface area contributed by atoms with Crippen molar-refractivity contribution in [3.63, 3.8) is 0 Å². The average molecular weight is 407 g/mol. The molecule has 0 aromatic heterocycles. The predicted molar refractivity (Wildman–Crippen MR) is 81.2 cm³/mol. The van der Waals surface area contributed by atoms with Gasteiger partial charge in [0, 0.05) is 15.1 Å². The van der Waals surface area contributed by atoms with Crippen LogP contribution in [0.2, 0.25) is 5.02 Å². The first-order valence-corrected chi connectivity index (χ1v) is 7.15. The van der Waals surface area contributed by atoms with Crippen molar-refractivity contribution in [2.45, 2.75) is 0 Å². The van der Waals surface area contributed by atoms with E-state index in [2.05, 4.69) is 37.2 Å². The number of nitrogens with one attached hydrogen (secondary N) is 1. The van der Waals surface area contributed by atoms with Crippen molar-refractivity contribution in [3.05, 3.63) is 61.7 Å². The van der Waals surface area contributed by atoms with E-state index in [1.54, 1.807) is 18.2 Å². The summed E-state index contributed by atoms with van der Waals surface area (Å²) in [6, 6.07) is 9.12. The molecule has 0 aliphatic heterocycles. The van der Waals surface area contributed by atoms with Gasteiger partial charge in [-0.1, -0.05) is 11.6 Å². The fraction of sp³-hybridized carbons (Fsp3) is 0. The first kappa shape index (κ1) is 14.5. The number of halogens is 4. The highest BCUT2D eigenvalue weighted by Crippen LogP contribution is 2.26. The van der Waals surface area contributed by atoms with Gasteiger partial charge >= 0.3 is 0 Å². The number of anilines is 1. The molecule has 2 rings (SSSR count). The zero-order valence-corrected chi connectivity index (χ0v) is 13.3. The monoisotopic (exact) mass is 405 g/mol. The van der Waals surface area contributed by atoms with Crippen LogP contribution in [0, 0.1) is 5.82 Å². The first-order chi connectivity index (χ1) is 8.97.